The topological polar surface area (TPSA) is 68.5 Å². The van der Waals surface area contributed by atoms with Gasteiger partial charge in [0.2, 0.25) is 5.91 Å². The van der Waals surface area contributed by atoms with Gasteiger partial charge in [0.15, 0.2) is 0 Å². The highest BCUT2D eigenvalue weighted by atomic mass is 16.5. The molecule has 0 fully saturated rings. The molecule has 1 heterocycles. The first-order chi connectivity index (χ1) is 14.0. The number of ether oxygens (including phenoxy) is 1. The van der Waals surface area contributed by atoms with Gasteiger partial charge in [0, 0.05) is 29.5 Å². The van der Waals surface area contributed by atoms with Gasteiger partial charge in [-0.25, -0.2) is 4.79 Å². The second-order valence-electron chi connectivity index (χ2n) is 7.63. The average Bonchev–Trinajstić information content (AvgIpc) is 2.73. The summed E-state index contributed by atoms with van der Waals surface area (Å²) in [7, 11) is 1.57. The minimum Gasteiger partial charge on any atom is -0.497 e. The number of amides is 1. The van der Waals surface area contributed by atoms with Crippen molar-refractivity contribution in [1.29, 1.82) is 0 Å². The highest BCUT2D eigenvalue weighted by Gasteiger charge is 2.20. The molecule has 0 saturated carbocycles. The molecule has 2 aromatic carbocycles. The van der Waals surface area contributed by atoms with Crippen LogP contribution in [0.15, 0.2) is 51.7 Å². The summed E-state index contributed by atoms with van der Waals surface area (Å²) in [5.41, 5.74) is 4.22. The highest BCUT2D eigenvalue weighted by Crippen LogP contribution is 2.25. The van der Waals surface area contributed by atoms with E-state index >= 15 is 0 Å². The lowest BCUT2D eigenvalue weighted by Crippen LogP contribution is -2.39. The summed E-state index contributed by atoms with van der Waals surface area (Å²) in [6.45, 7) is 1.90. The lowest BCUT2D eigenvalue weighted by atomic mass is 9.88. The Morgan fingerprint density at radius 2 is 2.00 bits per heavy atom. The van der Waals surface area contributed by atoms with Crippen LogP contribution in [0.25, 0.3) is 11.0 Å². The quantitative estimate of drug-likeness (QED) is 0.673. The van der Waals surface area contributed by atoms with E-state index in [4.69, 9.17) is 9.15 Å². The molecule has 0 saturated heterocycles. The van der Waals surface area contributed by atoms with Crippen LogP contribution in [0.5, 0.6) is 5.75 Å². The zero-order valence-corrected chi connectivity index (χ0v) is 16.8. The van der Waals surface area contributed by atoms with Crippen LogP contribution < -0.4 is 15.7 Å². The Bertz CT molecular complexity index is 1120. The van der Waals surface area contributed by atoms with Crippen LogP contribution in [0.1, 0.15) is 35.1 Å². The van der Waals surface area contributed by atoms with Crippen LogP contribution in [-0.4, -0.2) is 19.1 Å². The first-order valence-corrected chi connectivity index (χ1v) is 10.0. The van der Waals surface area contributed by atoms with Gasteiger partial charge in [0.05, 0.1) is 7.11 Å². The molecule has 1 amide bonds. The zero-order chi connectivity index (χ0) is 20.4. The third kappa shape index (κ3) is 4.04. The molecule has 0 bridgehead atoms. The Balaban J connectivity index is 1.43. The van der Waals surface area contributed by atoms with Crippen molar-refractivity contribution in [2.45, 2.75) is 45.1 Å². The molecule has 1 aliphatic carbocycles. The van der Waals surface area contributed by atoms with Gasteiger partial charge in [-0.15, -0.1) is 0 Å². The van der Waals surface area contributed by atoms with E-state index < -0.39 is 0 Å². The summed E-state index contributed by atoms with van der Waals surface area (Å²) in [6.07, 6.45) is 3.43. The molecule has 29 heavy (non-hydrogen) atoms. The molecule has 1 N–H and O–H groups in total. The Morgan fingerprint density at radius 1 is 1.21 bits per heavy atom. The van der Waals surface area contributed by atoms with Crippen LogP contribution in [0.3, 0.4) is 0 Å². The molecule has 1 unspecified atom stereocenters. The van der Waals surface area contributed by atoms with Gasteiger partial charge in [0.1, 0.15) is 11.3 Å². The minimum absolute atomic E-state index is 0.0250. The normalized spacial score (nSPS) is 15.7. The third-order valence-corrected chi connectivity index (χ3v) is 5.81. The monoisotopic (exact) mass is 391 g/mol. The number of carbonyl (C=O) groups excluding carboxylic acids is 1. The van der Waals surface area contributed by atoms with Gasteiger partial charge >= 0.3 is 5.63 Å². The van der Waals surface area contributed by atoms with Gasteiger partial charge in [-0.3, -0.25) is 4.79 Å². The number of nitrogens with one attached hydrogen (secondary N) is 1. The molecule has 3 aromatic rings. The number of fused-ring (bicyclic) bond motifs is 2. The van der Waals surface area contributed by atoms with Crippen molar-refractivity contribution in [3.05, 3.63) is 75.1 Å². The second kappa shape index (κ2) is 8.11. The molecule has 0 spiro atoms. The van der Waals surface area contributed by atoms with Gasteiger partial charge in [-0.1, -0.05) is 24.3 Å². The number of rotatable bonds is 5. The minimum atomic E-state index is -0.386. The Hall–Kier alpha value is -3.08. The highest BCUT2D eigenvalue weighted by molar-refractivity contribution is 5.82. The number of hydrogen-bond acceptors (Lipinski definition) is 4. The van der Waals surface area contributed by atoms with Gasteiger partial charge in [0.25, 0.3) is 0 Å². The van der Waals surface area contributed by atoms with E-state index in [1.165, 1.54) is 11.1 Å². The molecule has 1 aromatic heterocycles. The van der Waals surface area contributed by atoms with Crippen molar-refractivity contribution in [3.8, 4) is 5.75 Å². The standard InChI is InChI=1S/C24H25NO4/c1-15-20-10-9-19(28-2)14-22(20)29-24(27)21(15)11-12-23(26)25-18-8-7-16-5-3-4-6-17(16)13-18/h3-6,9-10,14,18H,7-8,11-13H2,1-2H3,(H,25,26). The first kappa shape index (κ1) is 19.2. The maximum absolute atomic E-state index is 12.5. The lowest BCUT2D eigenvalue weighted by Gasteiger charge is -2.25. The second-order valence-corrected chi connectivity index (χ2v) is 7.63. The van der Waals surface area contributed by atoms with E-state index in [1.54, 1.807) is 13.2 Å². The summed E-state index contributed by atoms with van der Waals surface area (Å²) in [6, 6.07) is 14.0. The van der Waals surface area contributed by atoms with Crippen LogP contribution in [0.2, 0.25) is 0 Å². The summed E-state index contributed by atoms with van der Waals surface area (Å²) in [5.74, 6) is 0.615. The van der Waals surface area contributed by atoms with E-state index in [-0.39, 0.29) is 24.0 Å². The maximum Gasteiger partial charge on any atom is 0.339 e. The number of methoxy groups -OCH3 is 1. The van der Waals surface area contributed by atoms with Crippen molar-refractivity contribution in [2.75, 3.05) is 7.11 Å². The van der Waals surface area contributed by atoms with E-state index in [0.29, 0.717) is 23.3 Å². The molecule has 5 nitrogen and oxygen atoms in total. The van der Waals surface area contributed by atoms with Crippen LogP contribution in [0, 0.1) is 6.92 Å². The van der Waals surface area contributed by atoms with Gasteiger partial charge < -0.3 is 14.5 Å². The fraction of sp³-hybridized carbons (Fsp3) is 0.333. The van der Waals surface area contributed by atoms with E-state index in [1.807, 2.05) is 25.1 Å². The van der Waals surface area contributed by atoms with Crippen molar-refractivity contribution < 1.29 is 13.9 Å². The summed E-state index contributed by atoms with van der Waals surface area (Å²) >= 11 is 0. The SMILES string of the molecule is COc1ccc2c(C)c(CCC(=O)NC3CCc4ccccc4C3)c(=O)oc2c1. The van der Waals surface area contributed by atoms with Crippen molar-refractivity contribution in [2.24, 2.45) is 0 Å². The number of aryl methyl sites for hydroxylation is 2. The van der Waals surface area contributed by atoms with Crippen molar-refractivity contribution in [3.63, 3.8) is 0 Å². The molecule has 1 atom stereocenters. The number of carbonyl (C=O) groups is 1. The molecular weight excluding hydrogens is 366 g/mol. The lowest BCUT2D eigenvalue weighted by molar-refractivity contribution is -0.121. The van der Waals surface area contributed by atoms with Crippen LogP contribution >= 0.6 is 0 Å². The molecule has 150 valence electrons. The summed E-state index contributed by atoms with van der Waals surface area (Å²) < 4.78 is 10.7. The van der Waals surface area contributed by atoms with Gasteiger partial charge in [-0.05, 0) is 61.4 Å². The molecule has 5 heteroatoms. The fourth-order valence-corrected chi connectivity index (χ4v) is 4.15. The van der Waals surface area contributed by atoms with Crippen molar-refractivity contribution >= 4 is 16.9 Å². The van der Waals surface area contributed by atoms with Crippen LogP contribution in [-0.2, 0) is 24.1 Å². The summed E-state index contributed by atoms with van der Waals surface area (Å²) in [4.78, 5) is 25.0. The smallest absolute Gasteiger partial charge is 0.339 e. The third-order valence-electron chi connectivity index (χ3n) is 5.81. The van der Waals surface area contributed by atoms with Crippen LogP contribution in [0.4, 0.5) is 0 Å². The summed E-state index contributed by atoms with van der Waals surface area (Å²) in [5, 5.41) is 4.00. The first-order valence-electron chi connectivity index (χ1n) is 10.0. The Kier molecular flexibility index (Phi) is 5.38. The number of hydrogen-bond donors (Lipinski definition) is 1. The maximum atomic E-state index is 12.5. The Morgan fingerprint density at radius 3 is 2.79 bits per heavy atom. The van der Waals surface area contributed by atoms with Gasteiger partial charge in [-0.2, -0.15) is 0 Å². The Labute approximate surface area is 169 Å². The fourth-order valence-electron chi connectivity index (χ4n) is 4.15. The molecule has 0 aliphatic heterocycles. The molecular formula is C24H25NO4. The molecule has 0 radical (unpaired) electrons. The molecule has 4 rings (SSSR count). The predicted molar refractivity (Wildman–Crippen MR) is 112 cm³/mol. The van der Waals surface area contributed by atoms with E-state index in [2.05, 4.69) is 23.5 Å². The molecule has 1 aliphatic rings. The average molecular weight is 391 g/mol. The van der Waals surface area contributed by atoms with E-state index in [0.717, 1.165) is 30.2 Å². The number of benzene rings is 2. The predicted octanol–water partition coefficient (Wildman–Crippen LogP) is 3.72. The largest absolute Gasteiger partial charge is 0.497 e. The van der Waals surface area contributed by atoms with Crippen molar-refractivity contribution in [1.82, 2.24) is 5.32 Å². The zero-order valence-electron chi connectivity index (χ0n) is 16.8. The van der Waals surface area contributed by atoms with E-state index in [9.17, 15) is 9.59 Å².